The highest BCUT2D eigenvalue weighted by Crippen LogP contribution is 2.20. The second-order valence-corrected chi connectivity index (χ2v) is 3.41. The summed E-state index contributed by atoms with van der Waals surface area (Å²) in [5.74, 6) is -1.09. The third-order valence-corrected chi connectivity index (χ3v) is 1.99. The Morgan fingerprint density at radius 2 is 2.00 bits per heavy atom. The molecule has 0 spiro atoms. The quantitative estimate of drug-likeness (QED) is 0.639. The number of hydrogen-bond donors (Lipinski definition) is 1. The van der Waals surface area contributed by atoms with E-state index in [-0.39, 0.29) is 0 Å². The standard InChI is InChI=1S/C12H15NO4/c1-4-17-10-6-8(2)5-9(7-10)13-11(14)12(15)16-3/h5-7H,4H2,1-3H3,(H,13,14). The monoisotopic (exact) mass is 237 g/mol. The van der Waals surface area contributed by atoms with Crippen LogP contribution in [-0.2, 0) is 14.3 Å². The minimum Gasteiger partial charge on any atom is -0.494 e. The number of carbonyl (C=O) groups excluding carboxylic acids is 2. The van der Waals surface area contributed by atoms with E-state index in [1.165, 1.54) is 0 Å². The molecule has 0 fully saturated rings. The third kappa shape index (κ3) is 3.79. The zero-order valence-corrected chi connectivity index (χ0v) is 10.1. The molecule has 5 heteroatoms. The SMILES string of the molecule is CCOc1cc(C)cc(NC(=O)C(=O)OC)c1. The number of hydrogen-bond acceptors (Lipinski definition) is 4. The molecule has 1 rings (SSSR count). The van der Waals surface area contributed by atoms with Gasteiger partial charge in [-0.15, -0.1) is 0 Å². The number of carbonyl (C=O) groups is 2. The number of nitrogens with one attached hydrogen (secondary N) is 1. The van der Waals surface area contributed by atoms with Crippen LogP contribution < -0.4 is 10.1 Å². The fourth-order valence-corrected chi connectivity index (χ4v) is 1.34. The molecule has 1 aromatic carbocycles. The first-order chi connectivity index (χ1) is 8.06. The summed E-state index contributed by atoms with van der Waals surface area (Å²) in [4.78, 5) is 22.2. The van der Waals surface area contributed by atoms with Gasteiger partial charge < -0.3 is 14.8 Å². The van der Waals surface area contributed by atoms with Crippen LogP contribution in [0, 0.1) is 6.92 Å². The first-order valence-electron chi connectivity index (χ1n) is 5.20. The van der Waals surface area contributed by atoms with E-state index in [0.717, 1.165) is 12.7 Å². The van der Waals surface area contributed by atoms with E-state index < -0.39 is 11.9 Å². The van der Waals surface area contributed by atoms with Crippen molar-refractivity contribution in [2.45, 2.75) is 13.8 Å². The van der Waals surface area contributed by atoms with Gasteiger partial charge in [0.1, 0.15) is 5.75 Å². The minimum absolute atomic E-state index is 0.504. The lowest BCUT2D eigenvalue weighted by atomic mass is 10.2. The molecule has 0 saturated carbocycles. The summed E-state index contributed by atoms with van der Waals surface area (Å²) in [6.07, 6.45) is 0. The van der Waals surface area contributed by atoms with Crippen LogP contribution in [0.2, 0.25) is 0 Å². The number of esters is 1. The normalized spacial score (nSPS) is 9.59. The van der Waals surface area contributed by atoms with E-state index in [0.29, 0.717) is 18.0 Å². The van der Waals surface area contributed by atoms with E-state index in [2.05, 4.69) is 10.1 Å². The molecule has 5 nitrogen and oxygen atoms in total. The molecule has 0 aliphatic carbocycles. The molecule has 92 valence electrons. The van der Waals surface area contributed by atoms with Gasteiger partial charge in [-0.2, -0.15) is 0 Å². The fourth-order valence-electron chi connectivity index (χ4n) is 1.34. The Morgan fingerprint density at radius 1 is 1.29 bits per heavy atom. The van der Waals surface area contributed by atoms with Crippen molar-refractivity contribution in [1.82, 2.24) is 0 Å². The Hall–Kier alpha value is -2.04. The molecule has 1 aromatic rings. The van der Waals surface area contributed by atoms with Crippen molar-refractivity contribution in [1.29, 1.82) is 0 Å². The first kappa shape index (κ1) is 13.0. The summed E-state index contributed by atoms with van der Waals surface area (Å²) in [5.41, 5.74) is 1.43. The van der Waals surface area contributed by atoms with Gasteiger partial charge in [-0.1, -0.05) is 0 Å². The van der Waals surface area contributed by atoms with Crippen LogP contribution in [0.4, 0.5) is 5.69 Å². The highest BCUT2D eigenvalue weighted by molar-refractivity contribution is 6.37. The van der Waals surface area contributed by atoms with Gasteiger partial charge in [0.2, 0.25) is 0 Å². The first-order valence-corrected chi connectivity index (χ1v) is 5.20. The number of amides is 1. The van der Waals surface area contributed by atoms with Crippen molar-refractivity contribution in [3.05, 3.63) is 23.8 Å². The molecule has 0 atom stereocenters. The average Bonchev–Trinajstić information content (AvgIpc) is 2.27. The number of methoxy groups -OCH3 is 1. The molecule has 0 unspecified atom stereocenters. The van der Waals surface area contributed by atoms with E-state index in [4.69, 9.17) is 4.74 Å². The lowest BCUT2D eigenvalue weighted by Crippen LogP contribution is -2.23. The summed E-state index contributed by atoms with van der Waals surface area (Å²) >= 11 is 0. The lowest BCUT2D eigenvalue weighted by Gasteiger charge is -2.08. The molecular formula is C12H15NO4. The summed E-state index contributed by atoms with van der Waals surface area (Å²) in [7, 11) is 1.16. The van der Waals surface area contributed by atoms with Crippen molar-refractivity contribution < 1.29 is 19.1 Å². The molecule has 0 bridgehead atoms. The highest BCUT2D eigenvalue weighted by atomic mass is 16.5. The molecule has 0 radical (unpaired) electrons. The summed E-state index contributed by atoms with van der Waals surface area (Å²) < 4.78 is 9.64. The van der Waals surface area contributed by atoms with Gasteiger partial charge in [0.05, 0.1) is 13.7 Å². The van der Waals surface area contributed by atoms with Crippen molar-refractivity contribution >= 4 is 17.6 Å². The van der Waals surface area contributed by atoms with Crippen molar-refractivity contribution in [2.24, 2.45) is 0 Å². The Kier molecular flexibility index (Phi) is 4.51. The van der Waals surface area contributed by atoms with Gasteiger partial charge in [-0.25, -0.2) is 4.79 Å². The van der Waals surface area contributed by atoms with Crippen LogP contribution in [-0.4, -0.2) is 25.6 Å². The second kappa shape index (κ2) is 5.89. The molecule has 0 heterocycles. The topological polar surface area (TPSA) is 64.6 Å². The largest absolute Gasteiger partial charge is 0.494 e. The van der Waals surface area contributed by atoms with E-state index in [1.807, 2.05) is 19.9 Å². The number of rotatable bonds is 3. The fraction of sp³-hybridized carbons (Fsp3) is 0.333. The summed E-state index contributed by atoms with van der Waals surface area (Å²) in [5, 5.41) is 2.44. The summed E-state index contributed by atoms with van der Waals surface area (Å²) in [6.45, 7) is 4.28. The maximum atomic E-state index is 11.3. The summed E-state index contributed by atoms with van der Waals surface area (Å²) in [6, 6.07) is 5.23. The van der Waals surface area contributed by atoms with Crippen molar-refractivity contribution in [2.75, 3.05) is 19.0 Å². The number of anilines is 1. The van der Waals surface area contributed by atoms with Crippen LogP contribution in [0.5, 0.6) is 5.75 Å². The second-order valence-electron chi connectivity index (χ2n) is 3.41. The Balaban J connectivity index is 2.83. The number of ether oxygens (including phenoxy) is 2. The van der Waals surface area contributed by atoms with Crippen LogP contribution in [0.1, 0.15) is 12.5 Å². The average molecular weight is 237 g/mol. The van der Waals surface area contributed by atoms with Crippen LogP contribution in [0.3, 0.4) is 0 Å². The minimum atomic E-state index is -0.926. The van der Waals surface area contributed by atoms with Crippen molar-refractivity contribution in [3.63, 3.8) is 0 Å². The molecule has 0 saturated heterocycles. The van der Waals surface area contributed by atoms with E-state index >= 15 is 0 Å². The molecule has 0 aliphatic heterocycles. The number of benzene rings is 1. The third-order valence-electron chi connectivity index (χ3n) is 1.99. The van der Waals surface area contributed by atoms with Gasteiger partial charge in [-0.05, 0) is 31.5 Å². The van der Waals surface area contributed by atoms with Gasteiger partial charge in [0.15, 0.2) is 0 Å². The molecule has 1 N–H and O–H groups in total. The van der Waals surface area contributed by atoms with Crippen LogP contribution in [0.25, 0.3) is 0 Å². The molecule has 0 aromatic heterocycles. The van der Waals surface area contributed by atoms with Gasteiger partial charge in [0, 0.05) is 11.8 Å². The number of aryl methyl sites for hydroxylation is 1. The van der Waals surface area contributed by atoms with Gasteiger partial charge in [0.25, 0.3) is 0 Å². The lowest BCUT2D eigenvalue weighted by molar-refractivity contribution is -0.150. The zero-order valence-electron chi connectivity index (χ0n) is 10.1. The van der Waals surface area contributed by atoms with Crippen molar-refractivity contribution in [3.8, 4) is 5.75 Å². The van der Waals surface area contributed by atoms with Crippen LogP contribution >= 0.6 is 0 Å². The molecular weight excluding hydrogens is 222 g/mol. The Labute approximate surface area is 99.7 Å². The Morgan fingerprint density at radius 3 is 2.59 bits per heavy atom. The highest BCUT2D eigenvalue weighted by Gasteiger charge is 2.14. The maximum absolute atomic E-state index is 11.3. The van der Waals surface area contributed by atoms with Crippen LogP contribution in [0.15, 0.2) is 18.2 Å². The molecule has 0 aliphatic rings. The smallest absolute Gasteiger partial charge is 0.396 e. The maximum Gasteiger partial charge on any atom is 0.396 e. The zero-order chi connectivity index (χ0) is 12.8. The molecule has 1 amide bonds. The Bertz CT molecular complexity index is 429. The van der Waals surface area contributed by atoms with Gasteiger partial charge >= 0.3 is 11.9 Å². The molecule has 17 heavy (non-hydrogen) atoms. The van der Waals surface area contributed by atoms with E-state index in [1.54, 1.807) is 12.1 Å². The van der Waals surface area contributed by atoms with E-state index in [9.17, 15) is 9.59 Å². The predicted molar refractivity (Wildman–Crippen MR) is 63.0 cm³/mol. The van der Waals surface area contributed by atoms with Gasteiger partial charge in [-0.3, -0.25) is 4.79 Å². The predicted octanol–water partition coefficient (Wildman–Crippen LogP) is 1.51.